The Balaban J connectivity index is 1.64. The first-order valence-corrected chi connectivity index (χ1v) is 8.66. The lowest BCUT2D eigenvalue weighted by Crippen LogP contribution is -1.91. The second-order valence-electron chi connectivity index (χ2n) is 5.63. The normalized spacial score (nSPS) is 11.4. The van der Waals surface area contributed by atoms with E-state index in [-0.39, 0.29) is 0 Å². The van der Waals surface area contributed by atoms with Crippen LogP contribution in [-0.4, -0.2) is 26.9 Å². The van der Waals surface area contributed by atoms with Crippen LogP contribution in [0.4, 0.5) is 0 Å². The van der Waals surface area contributed by atoms with Gasteiger partial charge in [0.2, 0.25) is 4.96 Å². The molecule has 0 N–H and O–H groups in total. The number of methoxy groups -OCH3 is 1. The van der Waals surface area contributed by atoms with Crippen molar-refractivity contribution in [2.24, 2.45) is 0 Å². The smallest absolute Gasteiger partial charge is 0.235 e. The van der Waals surface area contributed by atoms with E-state index in [9.17, 15) is 0 Å². The van der Waals surface area contributed by atoms with Crippen LogP contribution < -0.4 is 4.74 Å². The molecule has 4 rings (SSSR count). The molecule has 0 saturated carbocycles. The average Bonchev–Trinajstić information content (AvgIpc) is 3.20. The van der Waals surface area contributed by atoms with Crippen LogP contribution in [0.2, 0.25) is 0 Å². The number of hydrogen-bond acceptors (Lipinski definition) is 5. The Morgan fingerprint density at radius 1 is 1.04 bits per heavy atom. The Labute approximate surface area is 149 Å². The Kier molecular flexibility index (Phi) is 4.03. The van der Waals surface area contributed by atoms with Gasteiger partial charge in [-0.05, 0) is 36.8 Å². The third-order valence-electron chi connectivity index (χ3n) is 3.82. The number of nitrogens with zero attached hydrogens (tertiary/aromatic N) is 4. The lowest BCUT2D eigenvalue weighted by Gasteiger charge is -1.98. The van der Waals surface area contributed by atoms with E-state index in [0.717, 1.165) is 32.7 Å². The van der Waals surface area contributed by atoms with E-state index in [0.29, 0.717) is 0 Å². The predicted octanol–water partition coefficient (Wildman–Crippen LogP) is 4.34. The van der Waals surface area contributed by atoms with Crippen LogP contribution >= 0.6 is 11.3 Å². The second kappa shape index (κ2) is 6.49. The Morgan fingerprint density at radius 3 is 2.64 bits per heavy atom. The maximum atomic E-state index is 5.17. The molecular formula is C19H16N4OS. The molecule has 5 nitrogen and oxygen atoms in total. The molecule has 4 aromatic rings. The first-order chi connectivity index (χ1) is 12.2. The van der Waals surface area contributed by atoms with Gasteiger partial charge >= 0.3 is 0 Å². The second-order valence-corrected chi connectivity index (χ2v) is 6.62. The quantitative estimate of drug-likeness (QED) is 0.550. The lowest BCUT2D eigenvalue weighted by molar-refractivity contribution is 0.415. The number of fused-ring (bicyclic) bond motifs is 1. The van der Waals surface area contributed by atoms with Crippen molar-refractivity contribution in [2.45, 2.75) is 6.92 Å². The molecule has 0 unspecified atom stereocenters. The number of ether oxygens (including phenoxy) is 1. The van der Waals surface area contributed by atoms with E-state index >= 15 is 0 Å². The fourth-order valence-electron chi connectivity index (χ4n) is 2.55. The van der Waals surface area contributed by atoms with Gasteiger partial charge in [-0.25, -0.2) is 0 Å². The minimum absolute atomic E-state index is 0.763. The topological polar surface area (TPSA) is 52.3 Å². The maximum absolute atomic E-state index is 5.17. The first-order valence-electron chi connectivity index (χ1n) is 7.84. The standard InChI is InChI=1S/C19H16N4OS/c1-13-4-3-5-15(12-13)18-20-21-19-23(18)22-17(25-19)11-8-14-6-9-16(24-2)10-7-14/h3-12H,1-2H3/b11-8+. The van der Waals surface area contributed by atoms with Crippen molar-refractivity contribution in [1.82, 2.24) is 19.8 Å². The summed E-state index contributed by atoms with van der Waals surface area (Å²) in [4.78, 5) is 0.783. The number of benzene rings is 2. The molecule has 0 saturated heterocycles. The van der Waals surface area contributed by atoms with Crippen LogP contribution in [0.1, 0.15) is 16.1 Å². The van der Waals surface area contributed by atoms with E-state index in [2.05, 4.69) is 34.4 Å². The summed E-state index contributed by atoms with van der Waals surface area (Å²) in [5, 5.41) is 14.0. The summed E-state index contributed by atoms with van der Waals surface area (Å²) in [6, 6.07) is 16.1. The molecule has 2 heterocycles. The van der Waals surface area contributed by atoms with E-state index in [4.69, 9.17) is 4.74 Å². The number of aryl methyl sites for hydroxylation is 1. The molecule has 124 valence electrons. The van der Waals surface area contributed by atoms with Gasteiger partial charge in [-0.3, -0.25) is 0 Å². The predicted molar refractivity (Wildman–Crippen MR) is 101 cm³/mol. The number of hydrogen-bond donors (Lipinski definition) is 0. The van der Waals surface area contributed by atoms with Crippen LogP contribution in [-0.2, 0) is 0 Å². The zero-order chi connectivity index (χ0) is 17.2. The van der Waals surface area contributed by atoms with E-state index < -0.39 is 0 Å². The molecule has 0 fully saturated rings. The summed E-state index contributed by atoms with van der Waals surface area (Å²) in [6.45, 7) is 2.06. The molecule has 6 heteroatoms. The zero-order valence-electron chi connectivity index (χ0n) is 13.9. The number of rotatable bonds is 4. The summed E-state index contributed by atoms with van der Waals surface area (Å²) in [7, 11) is 1.66. The third-order valence-corrected chi connectivity index (χ3v) is 4.68. The SMILES string of the molecule is COc1ccc(/C=C/c2nn3c(-c4cccc(C)c4)nnc3s2)cc1. The molecule has 0 aliphatic heterocycles. The van der Waals surface area contributed by atoms with Crippen LogP contribution in [0, 0.1) is 6.92 Å². The van der Waals surface area contributed by atoms with Crippen LogP contribution in [0.5, 0.6) is 5.75 Å². The molecule has 25 heavy (non-hydrogen) atoms. The summed E-state index contributed by atoms with van der Waals surface area (Å²) >= 11 is 1.51. The highest BCUT2D eigenvalue weighted by Crippen LogP contribution is 2.23. The molecule has 0 aliphatic carbocycles. The molecular weight excluding hydrogens is 332 g/mol. The minimum Gasteiger partial charge on any atom is -0.497 e. The summed E-state index contributed by atoms with van der Waals surface area (Å²) in [5.41, 5.74) is 3.29. The molecule has 0 amide bonds. The highest BCUT2D eigenvalue weighted by atomic mass is 32.1. The molecule has 0 bridgehead atoms. The lowest BCUT2D eigenvalue weighted by atomic mass is 10.1. The van der Waals surface area contributed by atoms with Crippen LogP contribution in [0.3, 0.4) is 0 Å². The fourth-order valence-corrected chi connectivity index (χ4v) is 3.29. The van der Waals surface area contributed by atoms with E-state index in [1.807, 2.05) is 48.6 Å². The number of aromatic nitrogens is 4. The highest BCUT2D eigenvalue weighted by Gasteiger charge is 2.12. The monoisotopic (exact) mass is 348 g/mol. The van der Waals surface area contributed by atoms with Crippen molar-refractivity contribution in [2.75, 3.05) is 7.11 Å². The van der Waals surface area contributed by atoms with Crippen molar-refractivity contribution in [3.8, 4) is 17.1 Å². The van der Waals surface area contributed by atoms with Crippen molar-refractivity contribution in [3.63, 3.8) is 0 Å². The summed E-state index contributed by atoms with van der Waals surface area (Å²) in [5.74, 6) is 1.61. The molecule has 2 aromatic heterocycles. The third kappa shape index (κ3) is 3.16. The largest absolute Gasteiger partial charge is 0.497 e. The van der Waals surface area contributed by atoms with Gasteiger partial charge in [-0.1, -0.05) is 53.3 Å². The van der Waals surface area contributed by atoms with Crippen molar-refractivity contribution in [1.29, 1.82) is 0 Å². The minimum atomic E-state index is 0.763. The molecule has 0 aliphatic rings. The fraction of sp³-hybridized carbons (Fsp3) is 0.105. The Bertz CT molecular complexity index is 1050. The highest BCUT2D eigenvalue weighted by molar-refractivity contribution is 7.17. The van der Waals surface area contributed by atoms with Gasteiger partial charge in [0.15, 0.2) is 5.82 Å². The van der Waals surface area contributed by atoms with E-state index in [1.165, 1.54) is 16.9 Å². The van der Waals surface area contributed by atoms with Crippen molar-refractivity contribution >= 4 is 28.4 Å². The average molecular weight is 348 g/mol. The summed E-state index contributed by atoms with van der Waals surface area (Å²) in [6.07, 6.45) is 4.01. The summed E-state index contributed by atoms with van der Waals surface area (Å²) < 4.78 is 6.97. The van der Waals surface area contributed by atoms with Gasteiger partial charge < -0.3 is 4.74 Å². The Hall–Kier alpha value is -2.99. The van der Waals surface area contributed by atoms with E-state index in [1.54, 1.807) is 11.6 Å². The van der Waals surface area contributed by atoms with Gasteiger partial charge in [0.1, 0.15) is 10.8 Å². The van der Waals surface area contributed by atoms with Gasteiger partial charge in [-0.15, -0.1) is 10.2 Å². The molecule has 2 aromatic carbocycles. The van der Waals surface area contributed by atoms with Gasteiger partial charge in [-0.2, -0.15) is 9.61 Å². The zero-order valence-corrected chi connectivity index (χ0v) is 14.7. The molecule has 0 radical (unpaired) electrons. The van der Waals surface area contributed by atoms with Gasteiger partial charge in [0, 0.05) is 5.56 Å². The van der Waals surface area contributed by atoms with Gasteiger partial charge in [0.25, 0.3) is 0 Å². The molecule has 0 spiro atoms. The Morgan fingerprint density at radius 2 is 1.88 bits per heavy atom. The van der Waals surface area contributed by atoms with Crippen LogP contribution in [0.25, 0.3) is 28.5 Å². The van der Waals surface area contributed by atoms with Crippen molar-refractivity contribution < 1.29 is 4.74 Å². The van der Waals surface area contributed by atoms with Gasteiger partial charge in [0.05, 0.1) is 7.11 Å². The molecule has 0 atom stereocenters. The maximum Gasteiger partial charge on any atom is 0.235 e. The first kappa shape index (κ1) is 15.5. The van der Waals surface area contributed by atoms with Crippen molar-refractivity contribution in [3.05, 3.63) is 64.7 Å². The van der Waals surface area contributed by atoms with Crippen LogP contribution in [0.15, 0.2) is 48.5 Å².